The molecule has 2 atom stereocenters. The van der Waals surface area contributed by atoms with Crippen molar-refractivity contribution in [2.45, 2.75) is 31.4 Å². The highest BCUT2D eigenvalue weighted by Crippen LogP contribution is 2.29. The lowest BCUT2D eigenvalue weighted by atomic mass is 10.1. The minimum atomic E-state index is -0.552. The van der Waals surface area contributed by atoms with Gasteiger partial charge in [-0.15, -0.1) is 0 Å². The van der Waals surface area contributed by atoms with Crippen molar-refractivity contribution >= 4 is 22.8 Å². The van der Waals surface area contributed by atoms with E-state index in [2.05, 4.69) is 0 Å². The number of hydrogen-bond donors (Lipinski definition) is 0. The summed E-state index contributed by atoms with van der Waals surface area (Å²) in [5.74, 6) is -0.797. The monoisotopic (exact) mass is 360 g/mol. The summed E-state index contributed by atoms with van der Waals surface area (Å²) in [4.78, 5) is 29.4. The third-order valence-electron chi connectivity index (χ3n) is 5.33. The van der Waals surface area contributed by atoms with Crippen LogP contribution in [0.15, 0.2) is 28.9 Å². The molecule has 1 aromatic heterocycles. The Hall–Kier alpha value is -2.41. The minimum absolute atomic E-state index is 0.0330. The molecule has 26 heavy (non-hydrogen) atoms. The van der Waals surface area contributed by atoms with E-state index in [0.29, 0.717) is 23.9 Å². The average Bonchev–Trinajstić information content (AvgIpc) is 3.38. The molecule has 3 heterocycles. The molecule has 2 amide bonds. The fraction of sp³-hybridized carbons (Fsp3) is 0.474. The van der Waals surface area contributed by atoms with Crippen molar-refractivity contribution < 1.29 is 23.1 Å². The predicted molar refractivity (Wildman–Crippen MR) is 92.2 cm³/mol. The number of carbonyl (C=O) groups is 2. The van der Waals surface area contributed by atoms with Gasteiger partial charge in [0, 0.05) is 38.6 Å². The summed E-state index contributed by atoms with van der Waals surface area (Å²) in [6.45, 7) is 1.80. The van der Waals surface area contributed by atoms with Gasteiger partial charge >= 0.3 is 0 Å². The molecule has 138 valence electrons. The molecule has 2 fully saturated rings. The van der Waals surface area contributed by atoms with Crippen LogP contribution in [0.3, 0.4) is 0 Å². The van der Waals surface area contributed by atoms with Gasteiger partial charge in [0.2, 0.25) is 5.91 Å². The lowest BCUT2D eigenvalue weighted by Crippen LogP contribution is -2.46. The molecule has 2 aliphatic rings. The molecular weight excluding hydrogens is 339 g/mol. The Bertz CT molecular complexity index is 843. The van der Waals surface area contributed by atoms with Crippen LogP contribution in [0.5, 0.6) is 0 Å². The summed E-state index contributed by atoms with van der Waals surface area (Å²) >= 11 is 0. The zero-order valence-electron chi connectivity index (χ0n) is 14.6. The molecule has 0 radical (unpaired) electrons. The van der Waals surface area contributed by atoms with E-state index in [9.17, 15) is 14.0 Å². The number of ether oxygens (including phenoxy) is 1. The Kier molecular flexibility index (Phi) is 4.40. The van der Waals surface area contributed by atoms with Gasteiger partial charge in [0.25, 0.3) is 5.91 Å². The number of halogens is 1. The first-order valence-electron chi connectivity index (χ1n) is 8.88. The molecule has 2 saturated heterocycles. The first kappa shape index (κ1) is 17.0. The molecular formula is C19H21FN2O4. The summed E-state index contributed by atoms with van der Waals surface area (Å²) in [6.07, 6.45) is 3.61. The van der Waals surface area contributed by atoms with Gasteiger partial charge in [0.05, 0.1) is 11.7 Å². The van der Waals surface area contributed by atoms with Crippen LogP contribution >= 0.6 is 0 Å². The van der Waals surface area contributed by atoms with Crippen LogP contribution in [0.1, 0.15) is 29.6 Å². The van der Waals surface area contributed by atoms with E-state index < -0.39 is 11.9 Å². The first-order chi connectivity index (χ1) is 12.6. The number of benzene rings is 1. The number of nitrogens with zero attached hydrogens (tertiary/aromatic N) is 2. The molecule has 0 spiro atoms. The zero-order chi connectivity index (χ0) is 18.3. The second-order valence-electron chi connectivity index (χ2n) is 6.89. The van der Waals surface area contributed by atoms with Crippen molar-refractivity contribution in [1.82, 2.24) is 9.80 Å². The SMILES string of the molecule is CO[C@H]1C[C@@H](C(=O)N2CCCC2)N(C(=O)c2coc3ccc(F)cc23)C1. The molecule has 6 nitrogen and oxygen atoms in total. The van der Waals surface area contributed by atoms with Crippen molar-refractivity contribution in [3.63, 3.8) is 0 Å². The van der Waals surface area contributed by atoms with Crippen LogP contribution in [0, 0.1) is 5.82 Å². The Morgan fingerprint density at radius 2 is 2.04 bits per heavy atom. The molecule has 0 saturated carbocycles. The van der Waals surface area contributed by atoms with Crippen molar-refractivity contribution in [2.24, 2.45) is 0 Å². The van der Waals surface area contributed by atoms with Gasteiger partial charge in [-0.25, -0.2) is 4.39 Å². The van der Waals surface area contributed by atoms with E-state index in [1.165, 1.54) is 24.5 Å². The van der Waals surface area contributed by atoms with Crippen molar-refractivity contribution in [1.29, 1.82) is 0 Å². The lowest BCUT2D eigenvalue weighted by Gasteiger charge is -2.27. The van der Waals surface area contributed by atoms with Crippen LogP contribution in [0.4, 0.5) is 4.39 Å². The number of amides is 2. The fourth-order valence-corrected chi connectivity index (χ4v) is 3.90. The number of fused-ring (bicyclic) bond motifs is 1. The van der Waals surface area contributed by atoms with E-state index in [1.807, 2.05) is 4.90 Å². The van der Waals surface area contributed by atoms with E-state index in [-0.39, 0.29) is 23.5 Å². The minimum Gasteiger partial charge on any atom is -0.463 e. The van der Waals surface area contributed by atoms with E-state index in [4.69, 9.17) is 9.15 Å². The number of carbonyl (C=O) groups excluding carboxylic acids is 2. The van der Waals surface area contributed by atoms with Gasteiger partial charge in [-0.05, 0) is 31.0 Å². The molecule has 0 N–H and O–H groups in total. The molecule has 0 bridgehead atoms. The smallest absolute Gasteiger partial charge is 0.258 e. The van der Waals surface area contributed by atoms with Gasteiger partial charge in [0.1, 0.15) is 23.7 Å². The highest BCUT2D eigenvalue weighted by atomic mass is 19.1. The molecule has 1 aromatic carbocycles. The zero-order valence-corrected chi connectivity index (χ0v) is 14.6. The second kappa shape index (κ2) is 6.72. The number of rotatable bonds is 3. The maximum absolute atomic E-state index is 13.6. The van der Waals surface area contributed by atoms with Gasteiger partial charge in [0.15, 0.2) is 0 Å². The maximum atomic E-state index is 13.6. The van der Waals surface area contributed by atoms with Gasteiger partial charge in [-0.1, -0.05) is 0 Å². The van der Waals surface area contributed by atoms with Crippen molar-refractivity contribution in [2.75, 3.05) is 26.7 Å². The molecule has 0 unspecified atom stereocenters. The summed E-state index contributed by atoms with van der Waals surface area (Å²) < 4.78 is 24.4. The lowest BCUT2D eigenvalue weighted by molar-refractivity contribution is -0.134. The van der Waals surface area contributed by atoms with Crippen LogP contribution in [0.2, 0.25) is 0 Å². The molecule has 0 aliphatic carbocycles. The Morgan fingerprint density at radius 1 is 1.27 bits per heavy atom. The Balaban J connectivity index is 1.65. The van der Waals surface area contributed by atoms with Gasteiger partial charge in [-0.3, -0.25) is 9.59 Å². The number of likely N-dealkylation sites (tertiary alicyclic amines) is 2. The fourth-order valence-electron chi connectivity index (χ4n) is 3.90. The molecule has 2 aliphatic heterocycles. The number of methoxy groups -OCH3 is 1. The Morgan fingerprint density at radius 3 is 2.77 bits per heavy atom. The van der Waals surface area contributed by atoms with Gasteiger partial charge < -0.3 is 19.0 Å². The van der Waals surface area contributed by atoms with Crippen molar-refractivity contribution in [3.05, 3.63) is 35.8 Å². The van der Waals surface area contributed by atoms with E-state index in [0.717, 1.165) is 25.9 Å². The quantitative estimate of drug-likeness (QED) is 0.843. The molecule has 7 heteroatoms. The second-order valence-corrected chi connectivity index (χ2v) is 6.89. The average molecular weight is 360 g/mol. The normalized spacial score (nSPS) is 23.2. The summed E-state index contributed by atoms with van der Waals surface area (Å²) in [5, 5.41) is 0.420. The summed E-state index contributed by atoms with van der Waals surface area (Å²) in [5.41, 5.74) is 0.718. The van der Waals surface area contributed by atoms with Crippen LogP contribution in [-0.4, -0.2) is 60.5 Å². The third kappa shape index (κ3) is 2.86. The van der Waals surface area contributed by atoms with E-state index in [1.54, 1.807) is 12.0 Å². The van der Waals surface area contributed by atoms with Crippen molar-refractivity contribution in [3.8, 4) is 0 Å². The predicted octanol–water partition coefficient (Wildman–Crippen LogP) is 2.42. The summed E-state index contributed by atoms with van der Waals surface area (Å²) in [6, 6.07) is 3.52. The third-order valence-corrected chi connectivity index (χ3v) is 5.33. The number of hydrogen-bond acceptors (Lipinski definition) is 4. The van der Waals surface area contributed by atoms with Gasteiger partial charge in [-0.2, -0.15) is 0 Å². The largest absolute Gasteiger partial charge is 0.463 e. The maximum Gasteiger partial charge on any atom is 0.258 e. The first-order valence-corrected chi connectivity index (χ1v) is 8.88. The van der Waals surface area contributed by atoms with Crippen LogP contribution in [-0.2, 0) is 9.53 Å². The summed E-state index contributed by atoms with van der Waals surface area (Å²) in [7, 11) is 1.58. The highest BCUT2D eigenvalue weighted by molar-refractivity contribution is 6.07. The Labute approximate surface area is 150 Å². The topological polar surface area (TPSA) is 63.0 Å². The van der Waals surface area contributed by atoms with Crippen LogP contribution < -0.4 is 0 Å². The van der Waals surface area contributed by atoms with Crippen LogP contribution in [0.25, 0.3) is 11.0 Å². The molecule has 4 rings (SSSR count). The highest BCUT2D eigenvalue weighted by Gasteiger charge is 2.42. The molecule has 2 aromatic rings. The standard InChI is InChI=1S/C19H21FN2O4/c1-25-13-9-16(19(24)21-6-2-3-7-21)22(10-13)18(23)15-11-26-17-5-4-12(20)8-14(15)17/h4-5,8,11,13,16H,2-3,6-7,9-10H2,1H3/t13-,16-/m0/s1. The van der Waals surface area contributed by atoms with E-state index >= 15 is 0 Å². The number of furan rings is 1.